The molecule has 0 aliphatic rings. The zero-order valence-electron chi connectivity index (χ0n) is 14.3. The highest BCUT2D eigenvalue weighted by atomic mass is 35.5. The fraction of sp³-hybridized carbons (Fsp3) is 0.136. The zero-order valence-corrected chi connectivity index (χ0v) is 15.9. The smallest absolute Gasteiger partial charge is 0.231 e. The lowest BCUT2D eigenvalue weighted by Gasteiger charge is -2.15. The normalized spacial score (nSPS) is 12.4. The molecular weight excluding hydrogens is 362 g/mol. The number of hydrogen-bond acceptors (Lipinski definition) is 2. The van der Waals surface area contributed by atoms with Gasteiger partial charge in [-0.15, -0.1) is 11.3 Å². The minimum absolute atomic E-state index is 0.0162. The van der Waals surface area contributed by atoms with Crippen LogP contribution in [0.3, 0.4) is 0 Å². The van der Waals surface area contributed by atoms with E-state index in [4.69, 9.17) is 11.6 Å². The summed E-state index contributed by atoms with van der Waals surface area (Å²) in [7, 11) is 0. The highest BCUT2D eigenvalue weighted by Crippen LogP contribution is 2.35. The van der Waals surface area contributed by atoms with Crippen molar-refractivity contribution in [3.63, 3.8) is 0 Å². The number of carbonyl (C=O) groups is 1. The van der Waals surface area contributed by atoms with Gasteiger partial charge in [-0.05, 0) is 63.9 Å². The summed E-state index contributed by atoms with van der Waals surface area (Å²) in [6.07, 6.45) is 0.734. The molecule has 26 heavy (non-hydrogen) atoms. The van der Waals surface area contributed by atoms with Gasteiger partial charge in [-0.1, -0.05) is 48.9 Å². The summed E-state index contributed by atoms with van der Waals surface area (Å²) in [5.74, 6) is -0.184. The molecule has 1 aromatic heterocycles. The van der Waals surface area contributed by atoms with Crippen LogP contribution < -0.4 is 5.32 Å². The van der Waals surface area contributed by atoms with Crippen molar-refractivity contribution in [3.05, 3.63) is 76.6 Å². The number of hydrogen-bond donors (Lipinski definition) is 1. The molecule has 0 aliphatic heterocycles. The number of anilines is 1. The summed E-state index contributed by atoms with van der Waals surface area (Å²) < 4.78 is 1.15. The number of amides is 1. The summed E-state index contributed by atoms with van der Waals surface area (Å²) in [5, 5.41) is 9.21. The topological polar surface area (TPSA) is 29.1 Å². The third-order valence-electron chi connectivity index (χ3n) is 4.68. The van der Waals surface area contributed by atoms with E-state index in [9.17, 15) is 4.79 Å². The standard InChI is InChI=1S/C22H18ClNOS/c1-2-18(20-13-26-21-10-8-16(23)12-19(20)21)22(25)24-17-9-7-14-5-3-4-6-15(14)11-17/h3-13,18H,2H2,1H3,(H,24,25). The second-order valence-electron chi connectivity index (χ2n) is 6.34. The fourth-order valence-electron chi connectivity index (χ4n) is 3.33. The Balaban J connectivity index is 1.64. The molecule has 4 rings (SSSR count). The maximum absolute atomic E-state index is 13.0. The Morgan fingerprint density at radius 3 is 2.69 bits per heavy atom. The maximum atomic E-state index is 13.0. The Labute approximate surface area is 161 Å². The van der Waals surface area contributed by atoms with Gasteiger partial charge in [0.2, 0.25) is 5.91 Å². The monoisotopic (exact) mass is 379 g/mol. The Morgan fingerprint density at radius 1 is 1.08 bits per heavy atom. The molecule has 0 spiro atoms. The molecule has 0 saturated carbocycles. The molecule has 1 N–H and O–H groups in total. The molecule has 0 saturated heterocycles. The first kappa shape index (κ1) is 17.1. The van der Waals surface area contributed by atoms with Crippen LogP contribution in [0.25, 0.3) is 20.9 Å². The molecule has 1 heterocycles. The van der Waals surface area contributed by atoms with Crippen LogP contribution in [0.1, 0.15) is 24.8 Å². The van der Waals surface area contributed by atoms with E-state index in [-0.39, 0.29) is 11.8 Å². The van der Waals surface area contributed by atoms with Gasteiger partial charge in [0.05, 0.1) is 5.92 Å². The molecule has 0 fully saturated rings. The van der Waals surface area contributed by atoms with Gasteiger partial charge >= 0.3 is 0 Å². The molecule has 1 unspecified atom stereocenters. The first-order valence-corrected chi connectivity index (χ1v) is 9.88. The summed E-state index contributed by atoms with van der Waals surface area (Å²) in [5.41, 5.74) is 1.87. The van der Waals surface area contributed by atoms with Crippen LogP contribution in [0.5, 0.6) is 0 Å². The highest BCUT2D eigenvalue weighted by molar-refractivity contribution is 7.17. The van der Waals surface area contributed by atoms with E-state index < -0.39 is 0 Å². The van der Waals surface area contributed by atoms with Crippen LogP contribution in [0.4, 0.5) is 5.69 Å². The van der Waals surface area contributed by atoms with Crippen molar-refractivity contribution in [2.75, 3.05) is 5.32 Å². The Morgan fingerprint density at radius 2 is 1.88 bits per heavy atom. The van der Waals surface area contributed by atoms with Crippen molar-refractivity contribution >= 4 is 55.4 Å². The van der Waals surface area contributed by atoms with Crippen LogP contribution >= 0.6 is 22.9 Å². The van der Waals surface area contributed by atoms with Gasteiger partial charge in [0.25, 0.3) is 0 Å². The van der Waals surface area contributed by atoms with E-state index in [1.807, 2.05) is 55.5 Å². The molecule has 0 aliphatic carbocycles. The van der Waals surface area contributed by atoms with Gasteiger partial charge in [-0.3, -0.25) is 4.79 Å². The van der Waals surface area contributed by atoms with Crippen molar-refractivity contribution < 1.29 is 4.79 Å². The van der Waals surface area contributed by atoms with Crippen molar-refractivity contribution in [3.8, 4) is 0 Å². The molecule has 3 aromatic carbocycles. The number of nitrogens with one attached hydrogen (secondary N) is 1. The largest absolute Gasteiger partial charge is 0.326 e. The van der Waals surface area contributed by atoms with Crippen molar-refractivity contribution in [1.82, 2.24) is 0 Å². The summed E-state index contributed by atoms with van der Waals surface area (Å²) in [4.78, 5) is 13.0. The van der Waals surface area contributed by atoms with Crippen molar-refractivity contribution in [1.29, 1.82) is 0 Å². The first-order chi connectivity index (χ1) is 12.7. The van der Waals surface area contributed by atoms with Crippen molar-refractivity contribution in [2.45, 2.75) is 19.3 Å². The number of fused-ring (bicyclic) bond motifs is 2. The van der Waals surface area contributed by atoms with Crippen molar-refractivity contribution in [2.24, 2.45) is 0 Å². The molecule has 1 amide bonds. The predicted molar refractivity (Wildman–Crippen MR) is 112 cm³/mol. The second kappa shape index (κ2) is 7.10. The Bertz CT molecular complexity index is 1100. The van der Waals surface area contributed by atoms with E-state index in [0.717, 1.165) is 38.5 Å². The molecule has 4 aromatic rings. The number of thiophene rings is 1. The summed E-state index contributed by atoms with van der Waals surface area (Å²) in [6.45, 7) is 2.04. The van der Waals surface area contributed by atoms with Gasteiger partial charge in [0.15, 0.2) is 0 Å². The number of carbonyl (C=O) groups excluding carboxylic acids is 1. The summed E-state index contributed by atoms with van der Waals surface area (Å²) >= 11 is 7.82. The quantitative estimate of drug-likeness (QED) is 0.413. The van der Waals surface area contributed by atoms with E-state index in [0.29, 0.717) is 5.02 Å². The second-order valence-corrected chi connectivity index (χ2v) is 7.69. The van der Waals surface area contributed by atoms with Gasteiger partial charge in [-0.25, -0.2) is 0 Å². The van der Waals surface area contributed by atoms with Crippen LogP contribution in [-0.2, 0) is 4.79 Å². The van der Waals surface area contributed by atoms with Crippen LogP contribution in [0.2, 0.25) is 5.02 Å². The predicted octanol–water partition coefficient (Wildman–Crippen LogP) is 6.84. The van der Waals surface area contributed by atoms with Gasteiger partial charge in [-0.2, -0.15) is 0 Å². The van der Waals surface area contributed by atoms with Crippen LogP contribution in [0, 0.1) is 0 Å². The first-order valence-electron chi connectivity index (χ1n) is 8.62. The van der Waals surface area contributed by atoms with Crippen LogP contribution in [0.15, 0.2) is 66.0 Å². The Kier molecular flexibility index (Phi) is 4.66. The van der Waals surface area contributed by atoms with Gasteiger partial charge in [0.1, 0.15) is 0 Å². The maximum Gasteiger partial charge on any atom is 0.231 e. The van der Waals surface area contributed by atoms with Crippen LogP contribution in [-0.4, -0.2) is 5.91 Å². The van der Waals surface area contributed by atoms with Gasteiger partial charge < -0.3 is 5.32 Å². The average molecular weight is 380 g/mol. The van der Waals surface area contributed by atoms with E-state index in [1.165, 1.54) is 0 Å². The highest BCUT2D eigenvalue weighted by Gasteiger charge is 2.22. The average Bonchev–Trinajstić information content (AvgIpc) is 3.05. The summed E-state index contributed by atoms with van der Waals surface area (Å²) in [6, 6.07) is 20.0. The fourth-order valence-corrected chi connectivity index (χ4v) is 4.50. The number of rotatable bonds is 4. The van der Waals surface area contributed by atoms with E-state index >= 15 is 0 Å². The molecule has 4 heteroatoms. The van der Waals surface area contributed by atoms with E-state index in [1.54, 1.807) is 11.3 Å². The Hall–Kier alpha value is -2.36. The minimum atomic E-state index is -0.200. The minimum Gasteiger partial charge on any atom is -0.326 e. The number of benzene rings is 3. The molecule has 2 nitrogen and oxygen atoms in total. The lowest BCUT2D eigenvalue weighted by Crippen LogP contribution is -2.20. The SMILES string of the molecule is CCC(C(=O)Nc1ccc2ccccc2c1)c1csc2ccc(Cl)cc12. The lowest BCUT2D eigenvalue weighted by molar-refractivity contribution is -0.117. The molecule has 130 valence electrons. The molecule has 0 bridgehead atoms. The lowest BCUT2D eigenvalue weighted by atomic mass is 9.95. The molecular formula is C22H18ClNOS. The number of halogens is 1. The third-order valence-corrected chi connectivity index (χ3v) is 5.90. The van der Waals surface area contributed by atoms with E-state index in [2.05, 4.69) is 22.8 Å². The molecule has 1 atom stereocenters. The zero-order chi connectivity index (χ0) is 18.1. The van der Waals surface area contributed by atoms with Gasteiger partial charge in [0, 0.05) is 15.4 Å². The third kappa shape index (κ3) is 3.20. The molecule has 0 radical (unpaired) electrons.